The third-order valence-corrected chi connectivity index (χ3v) is 4.61. The Labute approximate surface area is 112 Å². The molecule has 0 unspecified atom stereocenters. The summed E-state index contributed by atoms with van der Waals surface area (Å²) in [4.78, 5) is 0. The topological polar surface area (TPSA) is 20.2 Å². The van der Waals surface area contributed by atoms with E-state index in [1.807, 2.05) is 13.0 Å². The largest absolute Gasteiger partial charge is 0.508 e. The van der Waals surface area contributed by atoms with Crippen LogP contribution in [0, 0.1) is 6.92 Å². The van der Waals surface area contributed by atoms with Crippen molar-refractivity contribution in [2.45, 2.75) is 72.1 Å². The van der Waals surface area contributed by atoms with E-state index in [-0.39, 0.29) is 10.8 Å². The summed E-state index contributed by atoms with van der Waals surface area (Å²) in [5.41, 5.74) is 4.01. The Morgan fingerprint density at radius 2 is 1.44 bits per heavy atom. The smallest absolute Gasteiger partial charge is 0.118 e. The maximum atomic E-state index is 10.0. The van der Waals surface area contributed by atoms with Crippen LogP contribution in [-0.2, 0) is 10.8 Å². The molecule has 1 nitrogen and oxygen atoms in total. The van der Waals surface area contributed by atoms with E-state index in [2.05, 4.69) is 47.6 Å². The van der Waals surface area contributed by atoms with Crippen molar-refractivity contribution in [1.82, 2.24) is 0 Å². The monoisotopic (exact) mass is 248 g/mol. The predicted octanol–water partition coefficient (Wildman–Crippen LogP) is 5.08. The van der Waals surface area contributed by atoms with E-state index in [1.165, 1.54) is 11.1 Å². The highest BCUT2D eigenvalue weighted by molar-refractivity contribution is 5.49. The third kappa shape index (κ3) is 2.55. The van der Waals surface area contributed by atoms with Gasteiger partial charge in [0, 0.05) is 0 Å². The summed E-state index contributed by atoms with van der Waals surface area (Å²) < 4.78 is 0. The summed E-state index contributed by atoms with van der Waals surface area (Å²) >= 11 is 0. The first-order valence-corrected chi connectivity index (χ1v) is 7.01. The predicted molar refractivity (Wildman–Crippen MR) is 79.5 cm³/mol. The van der Waals surface area contributed by atoms with Crippen LogP contribution in [0.15, 0.2) is 12.1 Å². The minimum Gasteiger partial charge on any atom is -0.508 e. The molecule has 1 aromatic rings. The second-order valence-corrected chi connectivity index (χ2v) is 6.61. The van der Waals surface area contributed by atoms with E-state index in [1.54, 1.807) is 0 Å². The molecule has 0 aliphatic heterocycles. The number of rotatable bonds is 4. The Kier molecular flexibility index (Phi) is 4.15. The van der Waals surface area contributed by atoms with Crippen LogP contribution in [0.4, 0.5) is 0 Å². The molecule has 0 amide bonds. The molecule has 0 aromatic heterocycles. The molecule has 102 valence electrons. The first kappa shape index (κ1) is 15.1. The fraction of sp³-hybridized carbons (Fsp3) is 0.647. The number of benzene rings is 1. The van der Waals surface area contributed by atoms with Crippen molar-refractivity contribution in [1.29, 1.82) is 0 Å². The maximum Gasteiger partial charge on any atom is 0.118 e. The first-order valence-electron chi connectivity index (χ1n) is 7.01. The Balaban J connectivity index is 3.60. The Hall–Kier alpha value is -0.980. The van der Waals surface area contributed by atoms with E-state index in [9.17, 15) is 5.11 Å². The van der Waals surface area contributed by atoms with Gasteiger partial charge in [-0.25, -0.2) is 0 Å². The molecule has 1 N–H and O–H groups in total. The average Bonchev–Trinajstić information content (AvgIpc) is 2.31. The van der Waals surface area contributed by atoms with Crippen LogP contribution in [0.2, 0.25) is 0 Å². The Morgan fingerprint density at radius 3 is 1.89 bits per heavy atom. The molecule has 0 fully saturated rings. The van der Waals surface area contributed by atoms with E-state index < -0.39 is 0 Å². The lowest BCUT2D eigenvalue weighted by Crippen LogP contribution is -2.26. The van der Waals surface area contributed by atoms with Gasteiger partial charge in [0.15, 0.2) is 0 Å². The number of phenols is 1. The maximum absolute atomic E-state index is 10.0. The van der Waals surface area contributed by atoms with Gasteiger partial charge in [-0.15, -0.1) is 0 Å². The van der Waals surface area contributed by atoms with Crippen molar-refractivity contribution in [3.05, 3.63) is 28.8 Å². The van der Waals surface area contributed by atoms with Gasteiger partial charge in [-0.3, -0.25) is 0 Å². The third-order valence-electron chi connectivity index (χ3n) is 4.61. The number of phenolic OH excluding ortho intramolecular Hbond substituents is 1. The quantitative estimate of drug-likeness (QED) is 0.788. The highest BCUT2D eigenvalue weighted by Crippen LogP contribution is 2.41. The van der Waals surface area contributed by atoms with Crippen LogP contribution >= 0.6 is 0 Å². The molecule has 0 aliphatic carbocycles. The molecule has 0 aliphatic rings. The zero-order chi connectivity index (χ0) is 14.1. The fourth-order valence-corrected chi connectivity index (χ4v) is 2.50. The van der Waals surface area contributed by atoms with Crippen LogP contribution in [0.1, 0.15) is 71.1 Å². The van der Waals surface area contributed by atoms with Gasteiger partial charge in [0.1, 0.15) is 5.75 Å². The van der Waals surface area contributed by atoms with Gasteiger partial charge < -0.3 is 5.11 Å². The van der Waals surface area contributed by atoms with E-state index >= 15 is 0 Å². The highest BCUT2D eigenvalue weighted by atomic mass is 16.3. The zero-order valence-electron chi connectivity index (χ0n) is 13.0. The van der Waals surface area contributed by atoms with Gasteiger partial charge in [0.2, 0.25) is 0 Å². The first-order chi connectivity index (χ1) is 8.17. The van der Waals surface area contributed by atoms with Crippen molar-refractivity contribution in [2.24, 2.45) is 0 Å². The van der Waals surface area contributed by atoms with E-state index in [0.717, 1.165) is 18.4 Å². The molecule has 0 atom stereocenters. The van der Waals surface area contributed by atoms with Crippen molar-refractivity contribution in [2.75, 3.05) is 0 Å². The molecule has 1 aromatic carbocycles. The molecule has 0 spiro atoms. The van der Waals surface area contributed by atoms with Crippen LogP contribution in [-0.4, -0.2) is 5.11 Å². The summed E-state index contributed by atoms with van der Waals surface area (Å²) in [7, 11) is 0. The molecular weight excluding hydrogens is 220 g/mol. The van der Waals surface area contributed by atoms with E-state index in [4.69, 9.17) is 0 Å². The molecule has 18 heavy (non-hydrogen) atoms. The average molecular weight is 248 g/mol. The zero-order valence-corrected chi connectivity index (χ0v) is 13.0. The van der Waals surface area contributed by atoms with Gasteiger partial charge in [0.05, 0.1) is 0 Å². The van der Waals surface area contributed by atoms with Crippen molar-refractivity contribution in [3.63, 3.8) is 0 Å². The van der Waals surface area contributed by atoms with Gasteiger partial charge >= 0.3 is 0 Å². The summed E-state index contributed by atoms with van der Waals surface area (Å²) in [5, 5.41) is 10.0. The molecule has 1 heteroatoms. The summed E-state index contributed by atoms with van der Waals surface area (Å²) in [6.07, 6.45) is 2.17. The molecule has 0 radical (unpaired) electrons. The van der Waals surface area contributed by atoms with Crippen molar-refractivity contribution < 1.29 is 5.11 Å². The molecular formula is C17H28O. The Bertz CT molecular complexity index is 427. The minimum absolute atomic E-state index is 0.102. The normalized spacial score (nSPS) is 12.8. The summed E-state index contributed by atoms with van der Waals surface area (Å²) in [5.74, 6) is 0.419. The van der Waals surface area contributed by atoms with Crippen LogP contribution in [0.3, 0.4) is 0 Å². The van der Waals surface area contributed by atoms with E-state index in [0.29, 0.717) is 5.75 Å². The van der Waals surface area contributed by atoms with Gasteiger partial charge in [-0.2, -0.15) is 0 Å². The minimum atomic E-state index is 0.102. The lowest BCUT2D eigenvalue weighted by atomic mass is 9.70. The highest BCUT2D eigenvalue weighted by Gasteiger charge is 2.31. The number of hydrogen-bond acceptors (Lipinski definition) is 1. The lowest BCUT2D eigenvalue weighted by Gasteiger charge is -2.35. The molecule has 0 heterocycles. The molecule has 0 bridgehead atoms. The van der Waals surface area contributed by atoms with Gasteiger partial charge in [-0.05, 0) is 53.4 Å². The Morgan fingerprint density at radius 1 is 0.944 bits per heavy atom. The molecule has 1 rings (SSSR count). The van der Waals surface area contributed by atoms with Crippen LogP contribution in [0.5, 0.6) is 5.75 Å². The van der Waals surface area contributed by atoms with Crippen molar-refractivity contribution in [3.8, 4) is 5.75 Å². The second-order valence-electron chi connectivity index (χ2n) is 6.61. The van der Waals surface area contributed by atoms with Crippen LogP contribution in [0.25, 0.3) is 0 Å². The molecule has 0 saturated heterocycles. The van der Waals surface area contributed by atoms with Gasteiger partial charge in [-0.1, -0.05) is 47.6 Å². The van der Waals surface area contributed by atoms with Crippen molar-refractivity contribution >= 4 is 0 Å². The standard InChI is InChI=1S/C17H28O/c1-8-16(4,5)13-10-11-14(18)12(3)15(13)17(6,7)9-2/h10-11,18H,8-9H2,1-7H3. The fourth-order valence-electron chi connectivity index (χ4n) is 2.50. The van der Waals surface area contributed by atoms with Gasteiger partial charge in [0.25, 0.3) is 0 Å². The SMILES string of the molecule is CCC(C)(C)c1ccc(O)c(C)c1C(C)(C)CC. The van der Waals surface area contributed by atoms with Crippen LogP contribution < -0.4 is 0 Å². The molecule has 0 saturated carbocycles. The second kappa shape index (κ2) is 4.95. The number of aromatic hydroxyl groups is 1. The summed E-state index contributed by atoms with van der Waals surface area (Å²) in [6.45, 7) is 15.6. The summed E-state index contributed by atoms with van der Waals surface area (Å²) in [6, 6.07) is 3.95. The number of hydrogen-bond donors (Lipinski definition) is 1. The lowest BCUT2D eigenvalue weighted by molar-refractivity contribution is 0.436.